The van der Waals surface area contributed by atoms with Crippen molar-refractivity contribution in [3.8, 4) is 0 Å². The summed E-state index contributed by atoms with van der Waals surface area (Å²) < 4.78 is 0. The minimum absolute atomic E-state index is 0.200. The van der Waals surface area contributed by atoms with E-state index in [4.69, 9.17) is 0 Å². The van der Waals surface area contributed by atoms with Gasteiger partial charge in [-0.25, -0.2) is 0 Å². The molecule has 0 saturated heterocycles. The molecule has 0 spiro atoms. The Bertz CT molecular complexity index is 746. The molecule has 0 radical (unpaired) electrons. The first-order valence-corrected chi connectivity index (χ1v) is 12.9. The van der Waals surface area contributed by atoms with Crippen molar-refractivity contribution < 1.29 is 15.3 Å². The highest BCUT2D eigenvalue weighted by atomic mass is 16.3. The number of hydrogen-bond acceptors (Lipinski definition) is 3. The fraction of sp³-hybridized carbons (Fsp3) is 0.857. The van der Waals surface area contributed by atoms with Gasteiger partial charge in [0.1, 0.15) is 0 Å². The SMILES string of the molecule is CC(CCC(C)(C)O)[C@@H](C)[C@H]1CC[C@H]2C3=CC=C4C[C@@H](O)C[C@H](O)[C@]4(C)[C@H]3CC[C@]12C. The first-order chi connectivity index (χ1) is 14.4. The van der Waals surface area contributed by atoms with E-state index < -0.39 is 17.8 Å². The number of hydrogen-bond donors (Lipinski definition) is 3. The van der Waals surface area contributed by atoms with Crippen LogP contribution in [-0.2, 0) is 0 Å². The van der Waals surface area contributed by atoms with Gasteiger partial charge < -0.3 is 15.3 Å². The molecule has 1 unspecified atom stereocenters. The Morgan fingerprint density at radius 1 is 1.06 bits per heavy atom. The lowest BCUT2D eigenvalue weighted by Crippen LogP contribution is -2.52. The second kappa shape index (κ2) is 7.99. The number of aliphatic hydroxyl groups is 3. The molecule has 31 heavy (non-hydrogen) atoms. The van der Waals surface area contributed by atoms with Gasteiger partial charge >= 0.3 is 0 Å². The van der Waals surface area contributed by atoms with Crippen LogP contribution in [-0.4, -0.2) is 33.1 Å². The molecule has 4 rings (SSSR count). The molecule has 0 amide bonds. The molecular weight excluding hydrogens is 384 g/mol. The molecule has 0 aromatic heterocycles. The van der Waals surface area contributed by atoms with Crippen molar-refractivity contribution in [3.05, 3.63) is 23.3 Å². The summed E-state index contributed by atoms with van der Waals surface area (Å²) in [5.74, 6) is 3.06. The zero-order valence-electron chi connectivity index (χ0n) is 20.7. The van der Waals surface area contributed by atoms with Gasteiger partial charge in [0.05, 0.1) is 17.8 Å². The third-order valence-electron chi connectivity index (χ3n) is 10.5. The molecule has 4 aliphatic rings. The van der Waals surface area contributed by atoms with Crippen molar-refractivity contribution in [3.63, 3.8) is 0 Å². The number of fused-ring (bicyclic) bond motifs is 5. The molecule has 3 nitrogen and oxygen atoms in total. The zero-order valence-corrected chi connectivity index (χ0v) is 20.7. The molecule has 9 atom stereocenters. The van der Waals surface area contributed by atoms with E-state index in [2.05, 4.69) is 39.8 Å². The van der Waals surface area contributed by atoms with Gasteiger partial charge in [0.25, 0.3) is 0 Å². The maximum Gasteiger partial charge on any atom is 0.0661 e. The van der Waals surface area contributed by atoms with Gasteiger partial charge in [0.2, 0.25) is 0 Å². The van der Waals surface area contributed by atoms with E-state index in [-0.39, 0.29) is 5.41 Å². The van der Waals surface area contributed by atoms with Gasteiger partial charge in [-0.1, -0.05) is 51.0 Å². The lowest BCUT2D eigenvalue weighted by molar-refractivity contribution is -0.0554. The topological polar surface area (TPSA) is 60.7 Å². The van der Waals surface area contributed by atoms with Crippen LogP contribution in [0.3, 0.4) is 0 Å². The van der Waals surface area contributed by atoms with Crippen LogP contribution >= 0.6 is 0 Å². The van der Waals surface area contributed by atoms with Crippen molar-refractivity contribution in [2.75, 3.05) is 0 Å². The molecule has 3 heteroatoms. The Labute approximate surface area is 190 Å². The monoisotopic (exact) mass is 430 g/mol. The van der Waals surface area contributed by atoms with Gasteiger partial charge in [-0.2, -0.15) is 0 Å². The average molecular weight is 431 g/mol. The van der Waals surface area contributed by atoms with Crippen molar-refractivity contribution in [2.24, 2.45) is 40.4 Å². The summed E-state index contributed by atoms with van der Waals surface area (Å²) >= 11 is 0. The Hall–Kier alpha value is -0.640. The molecule has 0 bridgehead atoms. The summed E-state index contributed by atoms with van der Waals surface area (Å²) in [5, 5.41) is 31.5. The van der Waals surface area contributed by atoms with Gasteiger partial charge in [-0.3, -0.25) is 0 Å². The van der Waals surface area contributed by atoms with Crippen LogP contribution in [0, 0.1) is 40.4 Å². The Morgan fingerprint density at radius 3 is 2.45 bits per heavy atom. The minimum atomic E-state index is -0.574. The highest BCUT2D eigenvalue weighted by Crippen LogP contribution is 2.66. The highest BCUT2D eigenvalue weighted by Gasteiger charge is 2.59. The van der Waals surface area contributed by atoms with Crippen molar-refractivity contribution in [2.45, 2.75) is 111 Å². The molecule has 0 heterocycles. The molecule has 3 N–H and O–H groups in total. The normalized spacial score (nSPS) is 44.5. The van der Waals surface area contributed by atoms with Crippen molar-refractivity contribution in [1.82, 2.24) is 0 Å². The van der Waals surface area contributed by atoms with Gasteiger partial charge in [0, 0.05) is 11.8 Å². The first-order valence-electron chi connectivity index (χ1n) is 12.9. The van der Waals surface area contributed by atoms with E-state index in [1.807, 2.05) is 13.8 Å². The van der Waals surface area contributed by atoms with Crippen LogP contribution < -0.4 is 0 Å². The second-order valence-electron chi connectivity index (χ2n) is 12.8. The maximum absolute atomic E-state index is 11.1. The number of rotatable bonds is 5. The Kier molecular flexibility index (Phi) is 6.06. The molecule has 0 aromatic carbocycles. The average Bonchev–Trinajstić information content (AvgIpc) is 3.03. The molecule has 3 saturated carbocycles. The first kappa shape index (κ1) is 23.5. The van der Waals surface area contributed by atoms with Gasteiger partial charge in [0.15, 0.2) is 0 Å². The van der Waals surface area contributed by atoms with Crippen LogP contribution in [0.2, 0.25) is 0 Å². The summed E-state index contributed by atoms with van der Waals surface area (Å²) in [4.78, 5) is 0. The molecule has 0 aliphatic heterocycles. The molecular formula is C28H46O3. The van der Waals surface area contributed by atoms with Crippen LogP contribution in [0.15, 0.2) is 23.3 Å². The van der Waals surface area contributed by atoms with Crippen LogP contribution in [0.5, 0.6) is 0 Å². The summed E-state index contributed by atoms with van der Waals surface area (Å²) in [6.45, 7) is 13.5. The third-order valence-corrected chi connectivity index (χ3v) is 10.5. The van der Waals surface area contributed by atoms with Gasteiger partial charge in [-0.05, 0) is 93.8 Å². The lowest BCUT2D eigenvalue weighted by Gasteiger charge is -2.56. The summed E-state index contributed by atoms with van der Waals surface area (Å²) in [5.41, 5.74) is 2.42. The number of aliphatic hydroxyl groups excluding tert-OH is 2. The number of allylic oxidation sites excluding steroid dienone is 3. The van der Waals surface area contributed by atoms with E-state index in [0.717, 1.165) is 25.2 Å². The minimum Gasteiger partial charge on any atom is -0.393 e. The van der Waals surface area contributed by atoms with Crippen LogP contribution in [0.1, 0.15) is 92.9 Å². The second-order valence-corrected chi connectivity index (χ2v) is 12.8. The summed E-state index contributed by atoms with van der Waals surface area (Å²) in [7, 11) is 0. The Balaban J connectivity index is 1.56. The van der Waals surface area contributed by atoms with E-state index in [9.17, 15) is 15.3 Å². The quantitative estimate of drug-likeness (QED) is 0.529. The predicted octanol–water partition coefficient (Wildman–Crippen LogP) is 5.64. The zero-order chi connectivity index (χ0) is 22.8. The lowest BCUT2D eigenvalue weighted by atomic mass is 9.49. The van der Waals surface area contributed by atoms with E-state index >= 15 is 0 Å². The fourth-order valence-corrected chi connectivity index (χ4v) is 8.19. The van der Waals surface area contributed by atoms with E-state index in [1.54, 1.807) is 5.57 Å². The van der Waals surface area contributed by atoms with Crippen LogP contribution in [0.25, 0.3) is 0 Å². The smallest absolute Gasteiger partial charge is 0.0661 e. The highest BCUT2D eigenvalue weighted by molar-refractivity contribution is 5.40. The predicted molar refractivity (Wildman–Crippen MR) is 126 cm³/mol. The van der Waals surface area contributed by atoms with Crippen LogP contribution in [0.4, 0.5) is 0 Å². The Morgan fingerprint density at radius 2 is 1.77 bits per heavy atom. The van der Waals surface area contributed by atoms with Crippen molar-refractivity contribution in [1.29, 1.82) is 0 Å². The largest absolute Gasteiger partial charge is 0.393 e. The third kappa shape index (κ3) is 3.87. The van der Waals surface area contributed by atoms with E-state index in [1.165, 1.54) is 24.8 Å². The fourth-order valence-electron chi connectivity index (χ4n) is 8.19. The maximum atomic E-state index is 11.1. The molecule has 0 aromatic rings. The molecule has 3 fully saturated rings. The molecule has 4 aliphatic carbocycles. The molecule has 176 valence electrons. The standard InChI is InChI=1S/C28H46O3/c1-17(11-13-26(3,4)31)18(2)22-9-10-23-21-8-7-19-15-20(29)16-25(30)28(19,6)24(21)12-14-27(22,23)5/h7-8,17-18,20,22-25,29-31H,9-16H2,1-6H3/t17?,18-,20-,22-,23+,24+,25+,27-,28+/m1/s1. The van der Waals surface area contributed by atoms with Gasteiger partial charge in [-0.15, -0.1) is 0 Å². The van der Waals surface area contributed by atoms with Crippen molar-refractivity contribution >= 4 is 0 Å². The summed E-state index contributed by atoms with van der Waals surface area (Å²) in [6, 6.07) is 0. The summed E-state index contributed by atoms with van der Waals surface area (Å²) in [6.07, 6.45) is 11.9. The van der Waals surface area contributed by atoms with E-state index in [0.29, 0.717) is 41.9 Å².